The van der Waals surface area contributed by atoms with Crippen LogP contribution in [-0.4, -0.2) is 62.5 Å². The van der Waals surface area contributed by atoms with Crippen molar-refractivity contribution in [3.63, 3.8) is 0 Å². The number of carbonyl (C=O) groups excluding carboxylic acids is 1. The number of rotatable bonds is 7. The Hall–Kier alpha value is -1.93. The Morgan fingerprint density at radius 2 is 1.83 bits per heavy atom. The number of hydrogen-bond acceptors (Lipinski definition) is 6. The summed E-state index contributed by atoms with van der Waals surface area (Å²) in [5.41, 5.74) is 0.864. The highest BCUT2D eigenvalue weighted by atomic mass is 16.7. The number of amides is 1. The van der Waals surface area contributed by atoms with Crippen molar-refractivity contribution in [1.82, 2.24) is 4.90 Å². The van der Waals surface area contributed by atoms with Crippen LogP contribution in [0.1, 0.15) is 32.8 Å². The summed E-state index contributed by atoms with van der Waals surface area (Å²) in [6.45, 7) is 6.89. The molecule has 1 aromatic carbocycles. The second-order valence-electron chi connectivity index (χ2n) is 7.84. The third-order valence-corrected chi connectivity index (χ3v) is 5.42. The van der Waals surface area contributed by atoms with Crippen molar-refractivity contribution in [2.45, 2.75) is 51.2 Å². The van der Waals surface area contributed by atoms with Crippen molar-refractivity contribution < 1.29 is 28.5 Å². The Labute approximate surface area is 172 Å². The Morgan fingerprint density at radius 3 is 2.38 bits per heavy atom. The molecule has 1 amide bonds. The Kier molecular flexibility index (Phi) is 6.63. The van der Waals surface area contributed by atoms with Crippen LogP contribution in [0.5, 0.6) is 5.75 Å². The molecule has 7 heteroatoms. The maximum atomic E-state index is 13.4. The van der Waals surface area contributed by atoms with E-state index in [2.05, 4.69) is 0 Å². The van der Waals surface area contributed by atoms with E-state index in [-0.39, 0.29) is 12.7 Å². The first-order valence-electron chi connectivity index (χ1n) is 9.90. The number of ether oxygens (including phenoxy) is 5. The molecule has 0 aliphatic carbocycles. The van der Waals surface area contributed by atoms with Crippen molar-refractivity contribution in [3.05, 3.63) is 41.5 Å². The number of benzene rings is 1. The fourth-order valence-electron chi connectivity index (χ4n) is 3.83. The minimum atomic E-state index is -0.758. The van der Waals surface area contributed by atoms with E-state index in [0.29, 0.717) is 25.3 Å². The van der Waals surface area contributed by atoms with Gasteiger partial charge in [0.2, 0.25) is 0 Å². The minimum absolute atomic E-state index is 0.0596. The van der Waals surface area contributed by atoms with Gasteiger partial charge in [0.25, 0.3) is 5.91 Å². The van der Waals surface area contributed by atoms with E-state index in [0.717, 1.165) is 17.7 Å². The van der Waals surface area contributed by atoms with Crippen molar-refractivity contribution in [2.75, 3.05) is 34.2 Å². The van der Waals surface area contributed by atoms with Crippen LogP contribution in [0, 0.1) is 0 Å². The number of likely N-dealkylation sites (tertiary alicyclic amines) is 1. The molecule has 160 valence electrons. The summed E-state index contributed by atoms with van der Waals surface area (Å²) in [6, 6.07) is 7.70. The molecule has 3 rings (SSSR count). The average molecular weight is 405 g/mol. The lowest BCUT2D eigenvalue weighted by atomic mass is 9.90. The molecule has 0 bridgehead atoms. The fourth-order valence-corrected chi connectivity index (χ4v) is 3.83. The van der Waals surface area contributed by atoms with Gasteiger partial charge in [-0.05, 0) is 38.0 Å². The third-order valence-electron chi connectivity index (χ3n) is 5.42. The fraction of sp³-hybridized carbons (Fsp3) is 0.591. The van der Waals surface area contributed by atoms with Gasteiger partial charge >= 0.3 is 0 Å². The Morgan fingerprint density at radius 1 is 1.17 bits per heavy atom. The molecular weight excluding hydrogens is 374 g/mol. The first kappa shape index (κ1) is 21.8. The summed E-state index contributed by atoms with van der Waals surface area (Å²) in [5, 5.41) is 0. The highest BCUT2D eigenvalue weighted by Gasteiger charge is 2.59. The molecule has 0 saturated carbocycles. The lowest BCUT2D eigenvalue weighted by Gasteiger charge is -2.47. The predicted octanol–water partition coefficient (Wildman–Crippen LogP) is 2.88. The standard InChI is InChI=1S/C22H31NO6/c1-6-7-18-19(27-15-25-4)22(13-28-21(2,3)29-14-22)23(20(18)24)12-16-8-10-17(26-5)11-9-16/h7-11,19H,6,12-15H2,1-5H3/b18-7+. The van der Waals surface area contributed by atoms with Crippen LogP contribution in [0.4, 0.5) is 0 Å². The lowest BCUT2D eigenvalue weighted by molar-refractivity contribution is -0.296. The van der Waals surface area contributed by atoms with E-state index in [1.165, 1.54) is 0 Å². The summed E-state index contributed by atoms with van der Waals surface area (Å²) in [6.07, 6.45) is 2.16. The van der Waals surface area contributed by atoms with E-state index in [1.54, 1.807) is 14.2 Å². The molecule has 1 atom stereocenters. The predicted molar refractivity (Wildman–Crippen MR) is 107 cm³/mol. The zero-order valence-electron chi connectivity index (χ0n) is 17.9. The average Bonchev–Trinajstić information content (AvgIpc) is 2.92. The van der Waals surface area contributed by atoms with Gasteiger partial charge < -0.3 is 28.6 Å². The van der Waals surface area contributed by atoms with Gasteiger partial charge in [0.1, 0.15) is 24.2 Å². The lowest BCUT2D eigenvalue weighted by Crippen LogP contribution is -2.63. The summed E-state index contributed by atoms with van der Waals surface area (Å²) in [5.74, 6) is 0.00850. The maximum absolute atomic E-state index is 13.4. The first-order chi connectivity index (χ1) is 13.9. The smallest absolute Gasteiger partial charge is 0.253 e. The summed E-state index contributed by atoms with van der Waals surface area (Å²) in [4.78, 5) is 15.3. The molecule has 2 heterocycles. The van der Waals surface area contributed by atoms with Crippen LogP contribution < -0.4 is 4.74 Å². The zero-order valence-corrected chi connectivity index (χ0v) is 17.9. The van der Waals surface area contributed by atoms with Crippen LogP contribution >= 0.6 is 0 Å². The molecule has 2 saturated heterocycles. The molecule has 29 heavy (non-hydrogen) atoms. The van der Waals surface area contributed by atoms with Crippen molar-refractivity contribution in [3.8, 4) is 5.75 Å². The van der Waals surface area contributed by atoms with Crippen molar-refractivity contribution in [1.29, 1.82) is 0 Å². The van der Waals surface area contributed by atoms with Gasteiger partial charge in [-0.2, -0.15) is 0 Å². The zero-order chi connectivity index (χ0) is 21.1. The van der Waals surface area contributed by atoms with Crippen LogP contribution in [-0.2, 0) is 30.3 Å². The summed E-state index contributed by atoms with van der Waals surface area (Å²) < 4.78 is 28.4. The number of hydrogen-bond donors (Lipinski definition) is 0. The summed E-state index contributed by atoms with van der Waals surface area (Å²) in [7, 11) is 3.20. The highest BCUT2D eigenvalue weighted by molar-refractivity contribution is 5.98. The van der Waals surface area contributed by atoms with Crippen molar-refractivity contribution in [2.24, 2.45) is 0 Å². The van der Waals surface area contributed by atoms with E-state index in [1.807, 2.05) is 56.0 Å². The monoisotopic (exact) mass is 405 g/mol. The normalized spacial score (nSPS) is 24.4. The molecule has 2 fully saturated rings. The van der Waals surface area contributed by atoms with Crippen LogP contribution in [0.3, 0.4) is 0 Å². The van der Waals surface area contributed by atoms with Crippen LogP contribution in [0.25, 0.3) is 0 Å². The van der Waals surface area contributed by atoms with E-state index in [4.69, 9.17) is 23.7 Å². The molecule has 7 nitrogen and oxygen atoms in total. The highest BCUT2D eigenvalue weighted by Crippen LogP contribution is 2.42. The molecule has 0 N–H and O–H groups in total. The number of methoxy groups -OCH3 is 2. The van der Waals surface area contributed by atoms with E-state index >= 15 is 0 Å². The molecule has 0 radical (unpaired) electrons. The Bertz CT molecular complexity index is 732. The van der Waals surface area contributed by atoms with Crippen LogP contribution in [0.2, 0.25) is 0 Å². The van der Waals surface area contributed by atoms with Gasteiger partial charge in [-0.1, -0.05) is 25.1 Å². The SMILES string of the molecule is CC/C=C1/C(=O)N(Cc2ccc(OC)cc2)C2(COC(C)(C)OC2)C1OCOC. The third kappa shape index (κ3) is 4.33. The molecule has 0 aromatic heterocycles. The van der Waals surface area contributed by atoms with Gasteiger partial charge in [0, 0.05) is 19.2 Å². The largest absolute Gasteiger partial charge is 0.497 e. The molecule has 2 aliphatic heterocycles. The second kappa shape index (κ2) is 8.83. The number of allylic oxidation sites excluding steroid dienone is 1. The van der Waals surface area contributed by atoms with Gasteiger partial charge in [-0.25, -0.2) is 0 Å². The maximum Gasteiger partial charge on any atom is 0.253 e. The topological polar surface area (TPSA) is 66.5 Å². The van der Waals surface area contributed by atoms with Gasteiger partial charge in [0.05, 0.1) is 20.3 Å². The number of carbonyl (C=O) groups is 1. The molecule has 1 aromatic rings. The van der Waals surface area contributed by atoms with Gasteiger partial charge in [-0.15, -0.1) is 0 Å². The van der Waals surface area contributed by atoms with E-state index < -0.39 is 17.4 Å². The first-order valence-corrected chi connectivity index (χ1v) is 9.90. The van der Waals surface area contributed by atoms with Crippen molar-refractivity contribution >= 4 is 5.91 Å². The second-order valence-corrected chi connectivity index (χ2v) is 7.84. The quantitative estimate of drug-likeness (QED) is 0.513. The van der Waals surface area contributed by atoms with Gasteiger partial charge in [-0.3, -0.25) is 4.79 Å². The summed E-state index contributed by atoms with van der Waals surface area (Å²) >= 11 is 0. The van der Waals surface area contributed by atoms with Crippen LogP contribution in [0.15, 0.2) is 35.9 Å². The van der Waals surface area contributed by atoms with Gasteiger partial charge in [0.15, 0.2) is 5.79 Å². The number of nitrogens with zero attached hydrogens (tertiary/aromatic N) is 1. The molecule has 1 unspecified atom stereocenters. The molecule has 2 aliphatic rings. The van der Waals surface area contributed by atoms with E-state index in [9.17, 15) is 4.79 Å². The Balaban J connectivity index is 1.97. The molecule has 1 spiro atoms. The molecular formula is C22H31NO6. The minimum Gasteiger partial charge on any atom is -0.497 e.